The molecule has 0 atom stereocenters. The summed E-state index contributed by atoms with van der Waals surface area (Å²) in [5.41, 5.74) is 0.264. The second-order valence-corrected chi connectivity index (χ2v) is 3.81. The van der Waals surface area contributed by atoms with E-state index in [1.807, 2.05) is 14.1 Å². The Balaban J connectivity index is 2.39. The molecule has 0 saturated heterocycles. The number of carbonyl (C=O) groups is 1. The normalized spacial score (nSPS) is 10.4. The number of pyridine rings is 1. The van der Waals surface area contributed by atoms with Crippen molar-refractivity contribution >= 4 is 5.91 Å². The van der Waals surface area contributed by atoms with Crippen molar-refractivity contribution in [3.8, 4) is 5.75 Å². The van der Waals surface area contributed by atoms with Gasteiger partial charge in [0.15, 0.2) is 0 Å². The fraction of sp³-hybridized carbons (Fsp3) is 0.455. The van der Waals surface area contributed by atoms with Crippen LogP contribution in [0.2, 0.25) is 0 Å². The first-order valence-corrected chi connectivity index (χ1v) is 5.17. The average molecular weight is 223 g/mol. The number of aromatic nitrogens is 1. The van der Waals surface area contributed by atoms with E-state index in [2.05, 4.69) is 15.2 Å². The molecule has 2 N–H and O–H groups in total. The number of carbonyl (C=O) groups excluding carboxylic acids is 1. The molecule has 0 unspecified atom stereocenters. The second-order valence-electron chi connectivity index (χ2n) is 3.81. The molecule has 1 aromatic rings. The van der Waals surface area contributed by atoms with Crippen LogP contribution in [0.5, 0.6) is 5.75 Å². The van der Waals surface area contributed by atoms with Gasteiger partial charge in [-0.05, 0) is 33.1 Å². The topological polar surface area (TPSA) is 65.5 Å². The highest BCUT2D eigenvalue weighted by Gasteiger charge is 2.09. The maximum absolute atomic E-state index is 11.6. The molecule has 0 fully saturated rings. The molecule has 0 spiro atoms. The first-order chi connectivity index (χ1) is 7.61. The van der Waals surface area contributed by atoms with Gasteiger partial charge in [0.25, 0.3) is 5.91 Å². The SMILES string of the molecule is CN(C)CCCNC(=O)c1ccncc1O. The van der Waals surface area contributed by atoms with Crippen molar-refractivity contribution in [3.63, 3.8) is 0 Å². The molecule has 5 heteroatoms. The summed E-state index contributed by atoms with van der Waals surface area (Å²) in [5, 5.41) is 12.1. The van der Waals surface area contributed by atoms with E-state index in [1.165, 1.54) is 18.5 Å². The van der Waals surface area contributed by atoms with Crippen LogP contribution in [0.25, 0.3) is 0 Å². The number of nitrogens with one attached hydrogen (secondary N) is 1. The standard InChI is InChI=1S/C11H17N3O2/c1-14(2)7-3-5-13-11(16)9-4-6-12-8-10(9)15/h4,6,8,15H,3,5,7H2,1-2H3,(H,13,16). The largest absolute Gasteiger partial charge is 0.505 e. The van der Waals surface area contributed by atoms with E-state index in [-0.39, 0.29) is 17.2 Å². The summed E-state index contributed by atoms with van der Waals surface area (Å²) in [6.07, 6.45) is 3.62. The van der Waals surface area contributed by atoms with Gasteiger partial charge in [-0.3, -0.25) is 9.78 Å². The molecule has 5 nitrogen and oxygen atoms in total. The zero-order chi connectivity index (χ0) is 12.0. The van der Waals surface area contributed by atoms with E-state index in [1.54, 1.807) is 0 Å². The lowest BCUT2D eigenvalue weighted by molar-refractivity contribution is 0.0949. The predicted octanol–water partition coefficient (Wildman–Crippen LogP) is 0.469. The Morgan fingerprint density at radius 3 is 2.94 bits per heavy atom. The Bertz CT molecular complexity index is 353. The highest BCUT2D eigenvalue weighted by Crippen LogP contribution is 2.12. The monoisotopic (exact) mass is 223 g/mol. The molecule has 1 rings (SSSR count). The van der Waals surface area contributed by atoms with Gasteiger partial charge in [0, 0.05) is 12.7 Å². The molecule has 1 amide bonds. The molecular formula is C11H17N3O2. The van der Waals surface area contributed by atoms with Crippen LogP contribution in [0.1, 0.15) is 16.8 Å². The number of amides is 1. The zero-order valence-corrected chi connectivity index (χ0v) is 9.60. The Kier molecular flexibility index (Phi) is 4.72. The van der Waals surface area contributed by atoms with Gasteiger partial charge < -0.3 is 15.3 Å². The lowest BCUT2D eigenvalue weighted by Crippen LogP contribution is -2.27. The van der Waals surface area contributed by atoms with E-state index in [0.717, 1.165) is 13.0 Å². The first-order valence-electron chi connectivity index (χ1n) is 5.17. The van der Waals surface area contributed by atoms with Crippen molar-refractivity contribution in [2.24, 2.45) is 0 Å². The lowest BCUT2D eigenvalue weighted by Gasteiger charge is -2.10. The van der Waals surface area contributed by atoms with Gasteiger partial charge in [0.1, 0.15) is 5.75 Å². The van der Waals surface area contributed by atoms with Gasteiger partial charge >= 0.3 is 0 Å². The molecule has 0 bridgehead atoms. The third-order valence-electron chi connectivity index (χ3n) is 2.11. The molecule has 0 saturated carbocycles. The van der Waals surface area contributed by atoms with Crippen molar-refractivity contribution in [3.05, 3.63) is 24.0 Å². The third kappa shape index (κ3) is 3.86. The van der Waals surface area contributed by atoms with Crippen LogP contribution in [0.4, 0.5) is 0 Å². The molecule has 16 heavy (non-hydrogen) atoms. The smallest absolute Gasteiger partial charge is 0.255 e. The molecule has 0 aliphatic carbocycles. The van der Waals surface area contributed by atoms with E-state index in [4.69, 9.17) is 0 Å². The minimum Gasteiger partial charge on any atom is -0.505 e. The van der Waals surface area contributed by atoms with Crippen LogP contribution in [-0.4, -0.2) is 48.1 Å². The fourth-order valence-corrected chi connectivity index (χ4v) is 1.27. The van der Waals surface area contributed by atoms with Gasteiger partial charge in [-0.1, -0.05) is 0 Å². The zero-order valence-electron chi connectivity index (χ0n) is 9.60. The quantitative estimate of drug-likeness (QED) is 0.712. The van der Waals surface area contributed by atoms with Gasteiger partial charge in [-0.2, -0.15) is 0 Å². The van der Waals surface area contributed by atoms with Crippen LogP contribution in [0.15, 0.2) is 18.5 Å². The van der Waals surface area contributed by atoms with Gasteiger partial charge in [-0.15, -0.1) is 0 Å². The van der Waals surface area contributed by atoms with Crippen LogP contribution in [0, 0.1) is 0 Å². The minimum absolute atomic E-state index is 0.0902. The predicted molar refractivity (Wildman–Crippen MR) is 61.4 cm³/mol. The second kappa shape index (κ2) is 6.07. The van der Waals surface area contributed by atoms with Crippen molar-refractivity contribution < 1.29 is 9.90 Å². The van der Waals surface area contributed by atoms with Crippen LogP contribution < -0.4 is 5.32 Å². The van der Waals surface area contributed by atoms with Crippen molar-refractivity contribution in [1.29, 1.82) is 0 Å². The van der Waals surface area contributed by atoms with E-state index >= 15 is 0 Å². The summed E-state index contributed by atoms with van der Waals surface area (Å²) in [7, 11) is 3.97. The summed E-state index contributed by atoms with van der Waals surface area (Å²) in [6.45, 7) is 1.52. The average Bonchev–Trinajstić information content (AvgIpc) is 2.24. The molecule has 0 radical (unpaired) electrons. The highest BCUT2D eigenvalue weighted by molar-refractivity contribution is 5.96. The number of hydrogen-bond donors (Lipinski definition) is 2. The molecule has 0 aliphatic heterocycles. The van der Waals surface area contributed by atoms with Crippen LogP contribution >= 0.6 is 0 Å². The van der Waals surface area contributed by atoms with Crippen molar-refractivity contribution in [2.75, 3.05) is 27.2 Å². The van der Waals surface area contributed by atoms with Crippen molar-refractivity contribution in [2.45, 2.75) is 6.42 Å². The molecule has 1 aromatic heterocycles. The Morgan fingerprint density at radius 2 is 2.31 bits per heavy atom. The molecule has 0 aliphatic rings. The summed E-state index contributed by atoms with van der Waals surface area (Å²) in [6, 6.07) is 1.50. The highest BCUT2D eigenvalue weighted by atomic mass is 16.3. The molecule has 0 aromatic carbocycles. The van der Waals surface area contributed by atoms with Gasteiger partial charge in [0.2, 0.25) is 0 Å². The summed E-state index contributed by atoms with van der Waals surface area (Å²) < 4.78 is 0. The summed E-state index contributed by atoms with van der Waals surface area (Å²) in [4.78, 5) is 17.4. The number of rotatable bonds is 5. The van der Waals surface area contributed by atoms with Crippen LogP contribution in [-0.2, 0) is 0 Å². The lowest BCUT2D eigenvalue weighted by atomic mass is 10.2. The molecular weight excluding hydrogens is 206 g/mol. The minimum atomic E-state index is -0.265. The van der Waals surface area contributed by atoms with E-state index in [0.29, 0.717) is 6.54 Å². The molecule has 1 heterocycles. The Labute approximate surface area is 95.1 Å². The van der Waals surface area contributed by atoms with E-state index in [9.17, 15) is 9.90 Å². The Hall–Kier alpha value is -1.62. The summed E-state index contributed by atoms with van der Waals surface area (Å²) in [5.74, 6) is -0.355. The first kappa shape index (κ1) is 12.4. The Morgan fingerprint density at radius 1 is 1.56 bits per heavy atom. The summed E-state index contributed by atoms with van der Waals surface area (Å²) >= 11 is 0. The van der Waals surface area contributed by atoms with E-state index < -0.39 is 0 Å². The number of nitrogens with zero attached hydrogens (tertiary/aromatic N) is 2. The third-order valence-corrected chi connectivity index (χ3v) is 2.11. The molecule has 88 valence electrons. The maximum Gasteiger partial charge on any atom is 0.255 e. The number of aromatic hydroxyl groups is 1. The van der Waals surface area contributed by atoms with Crippen molar-refractivity contribution in [1.82, 2.24) is 15.2 Å². The van der Waals surface area contributed by atoms with Crippen LogP contribution in [0.3, 0.4) is 0 Å². The van der Waals surface area contributed by atoms with Gasteiger partial charge in [-0.25, -0.2) is 0 Å². The fourth-order valence-electron chi connectivity index (χ4n) is 1.27. The number of hydrogen-bond acceptors (Lipinski definition) is 4. The maximum atomic E-state index is 11.6. The van der Waals surface area contributed by atoms with Gasteiger partial charge in [0.05, 0.1) is 11.8 Å².